The Hall–Kier alpha value is -1.53. The molecule has 0 aliphatic rings. The third-order valence-electron chi connectivity index (χ3n) is 2.47. The highest BCUT2D eigenvalue weighted by atomic mass is 32.1. The van der Waals surface area contributed by atoms with Crippen molar-refractivity contribution in [2.45, 2.75) is 19.4 Å². The minimum atomic E-state index is -4.78. The summed E-state index contributed by atoms with van der Waals surface area (Å²) < 4.78 is 40.8. The number of thiophene rings is 1. The van der Waals surface area contributed by atoms with E-state index in [0.717, 1.165) is 4.88 Å². The Bertz CT molecular complexity index is 563. The van der Waals surface area contributed by atoms with Crippen molar-refractivity contribution in [3.8, 4) is 5.75 Å². The van der Waals surface area contributed by atoms with Crippen LogP contribution in [0.3, 0.4) is 0 Å². The molecule has 0 aliphatic heterocycles. The highest BCUT2D eigenvalue weighted by Crippen LogP contribution is 2.35. The SMILES string of the molecule is Cc1ccc(C(O)c2ccccc2OC(F)(F)F)s1. The average Bonchev–Trinajstić information content (AvgIpc) is 2.74. The Labute approximate surface area is 112 Å². The lowest BCUT2D eigenvalue weighted by molar-refractivity contribution is -0.275. The zero-order chi connectivity index (χ0) is 14.0. The molecule has 2 aromatic rings. The number of alkyl halides is 3. The first-order chi connectivity index (χ1) is 8.87. The van der Waals surface area contributed by atoms with Gasteiger partial charge in [0.25, 0.3) is 0 Å². The number of aliphatic hydroxyl groups is 1. The smallest absolute Gasteiger partial charge is 0.405 e. The minimum absolute atomic E-state index is 0.0988. The van der Waals surface area contributed by atoms with Gasteiger partial charge in [-0.3, -0.25) is 0 Å². The molecule has 1 aromatic heterocycles. The first kappa shape index (κ1) is 13.9. The molecule has 0 fully saturated rings. The van der Waals surface area contributed by atoms with Crippen LogP contribution in [0.1, 0.15) is 21.4 Å². The summed E-state index contributed by atoms with van der Waals surface area (Å²) in [4.78, 5) is 1.55. The Balaban J connectivity index is 2.34. The molecule has 0 aliphatic carbocycles. The number of hydrogen-bond donors (Lipinski definition) is 1. The third kappa shape index (κ3) is 3.48. The molecule has 0 radical (unpaired) electrons. The van der Waals surface area contributed by atoms with Gasteiger partial charge in [-0.25, -0.2) is 0 Å². The van der Waals surface area contributed by atoms with E-state index in [1.807, 2.05) is 6.92 Å². The van der Waals surface area contributed by atoms with Crippen LogP contribution in [0.2, 0.25) is 0 Å². The van der Waals surface area contributed by atoms with Crippen LogP contribution in [0.15, 0.2) is 36.4 Å². The van der Waals surface area contributed by atoms with E-state index in [1.165, 1.54) is 29.5 Å². The van der Waals surface area contributed by atoms with Gasteiger partial charge in [0.2, 0.25) is 0 Å². The maximum absolute atomic E-state index is 12.3. The molecule has 1 N–H and O–H groups in total. The van der Waals surface area contributed by atoms with E-state index < -0.39 is 12.5 Å². The Morgan fingerprint density at radius 3 is 2.42 bits per heavy atom. The number of ether oxygens (including phenoxy) is 1. The molecule has 0 saturated heterocycles. The molecule has 1 heterocycles. The second kappa shape index (κ2) is 5.22. The fourth-order valence-corrected chi connectivity index (χ4v) is 2.56. The molecule has 0 bridgehead atoms. The van der Waals surface area contributed by atoms with E-state index >= 15 is 0 Å². The van der Waals surface area contributed by atoms with Gasteiger partial charge in [-0.05, 0) is 25.1 Å². The van der Waals surface area contributed by atoms with Gasteiger partial charge in [-0.1, -0.05) is 18.2 Å². The van der Waals surface area contributed by atoms with Crippen molar-refractivity contribution >= 4 is 11.3 Å². The van der Waals surface area contributed by atoms with Gasteiger partial charge >= 0.3 is 6.36 Å². The Morgan fingerprint density at radius 2 is 1.84 bits per heavy atom. The number of hydrogen-bond acceptors (Lipinski definition) is 3. The summed E-state index contributed by atoms with van der Waals surface area (Å²) in [5.41, 5.74) is 0.0988. The van der Waals surface area contributed by atoms with Crippen LogP contribution in [0.4, 0.5) is 13.2 Å². The standard InChI is InChI=1S/C13H11F3O2S/c1-8-6-7-11(19-8)12(17)9-4-2-3-5-10(9)18-13(14,15)16/h2-7,12,17H,1H3. The molecule has 2 rings (SSSR count). The quantitative estimate of drug-likeness (QED) is 0.923. The molecule has 6 heteroatoms. The van der Waals surface area contributed by atoms with E-state index in [9.17, 15) is 18.3 Å². The minimum Gasteiger partial charge on any atom is -0.405 e. The van der Waals surface area contributed by atoms with Gasteiger partial charge in [-0.15, -0.1) is 24.5 Å². The number of benzene rings is 1. The lowest BCUT2D eigenvalue weighted by Gasteiger charge is -2.16. The van der Waals surface area contributed by atoms with Crippen LogP contribution >= 0.6 is 11.3 Å². The van der Waals surface area contributed by atoms with Crippen LogP contribution < -0.4 is 4.74 Å². The third-order valence-corrected chi connectivity index (χ3v) is 3.52. The summed E-state index contributed by atoms with van der Waals surface area (Å²) in [6.07, 6.45) is -5.90. The molecule has 102 valence electrons. The zero-order valence-electron chi connectivity index (χ0n) is 9.94. The summed E-state index contributed by atoms with van der Waals surface area (Å²) in [6.45, 7) is 1.86. The molecule has 0 saturated carbocycles. The molecular formula is C13H11F3O2S. The predicted molar refractivity (Wildman–Crippen MR) is 66.2 cm³/mol. The molecule has 0 amide bonds. The lowest BCUT2D eigenvalue weighted by Crippen LogP contribution is -2.18. The van der Waals surface area contributed by atoms with Crippen LogP contribution in [-0.4, -0.2) is 11.5 Å². The van der Waals surface area contributed by atoms with Gasteiger partial charge in [0.05, 0.1) is 0 Å². The number of halogens is 3. The van der Waals surface area contributed by atoms with Gasteiger partial charge in [0.1, 0.15) is 11.9 Å². The van der Waals surface area contributed by atoms with E-state index in [-0.39, 0.29) is 11.3 Å². The summed E-state index contributed by atoms with van der Waals surface area (Å²) in [5, 5.41) is 10.1. The van der Waals surface area contributed by atoms with Crippen LogP contribution in [0, 0.1) is 6.92 Å². The normalized spacial score (nSPS) is 13.3. The van der Waals surface area contributed by atoms with Crippen molar-refractivity contribution in [1.29, 1.82) is 0 Å². The van der Waals surface area contributed by atoms with Gasteiger partial charge < -0.3 is 9.84 Å². The van der Waals surface area contributed by atoms with E-state index in [2.05, 4.69) is 4.74 Å². The maximum Gasteiger partial charge on any atom is 0.573 e. The van der Waals surface area contributed by atoms with Crippen molar-refractivity contribution in [3.63, 3.8) is 0 Å². The maximum atomic E-state index is 12.3. The fourth-order valence-electron chi connectivity index (χ4n) is 1.68. The summed E-state index contributed by atoms with van der Waals surface area (Å²) in [6, 6.07) is 9.08. The molecule has 2 nitrogen and oxygen atoms in total. The number of rotatable bonds is 3. The van der Waals surface area contributed by atoms with Gasteiger partial charge in [-0.2, -0.15) is 0 Å². The average molecular weight is 288 g/mol. The topological polar surface area (TPSA) is 29.5 Å². The van der Waals surface area contributed by atoms with Crippen LogP contribution in [0.25, 0.3) is 0 Å². The predicted octanol–water partition coefficient (Wildman–Crippen LogP) is 4.04. The summed E-state index contributed by atoms with van der Waals surface area (Å²) in [7, 11) is 0. The van der Waals surface area contributed by atoms with E-state index in [4.69, 9.17) is 0 Å². The molecular weight excluding hydrogens is 277 g/mol. The van der Waals surface area contributed by atoms with Crippen LogP contribution in [-0.2, 0) is 0 Å². The molecule has 1 atom stereocenters. The second-order valence-corrected chi connectivity index (χ2v) is 5.26. The van der Waals surface area contributed by atoms with Crippen molar-refractivity contribution in [3.05, 3.63) is 51.7 Å². The zero-order valence-corrected chi connectivity index (χ0v) is 10.8. The molecule has 1 unspecified atom stereocenters. The first-order valence-electron chi connectivity index (χ1n) is 5.46. The fraction of sp³-hybridized carbons (Fsp3) is 0.231. The van der Waals surface area contributed by atoms with Crippen molar-refractivity contribution < 1.29 is 23.0 Å². The van der Waals surface area contributed by atoms with Crippen LogP contribution in [0.5, 0.6) is 5.75 Å². The monoisotopic (exact) mass is 288 g/mol. The molecule has 0 spiro atoms. The summed E-state index contributed by atoms with van der Waals surface area (Å²) >= 11 is 1.33. The van der Waals surface area contributed by atoms with Gasteiger partial charge in [0.15, 0.2) is 0 Å². The molecule has 1 aromatic carbocycles. The molecule has 19 heavy (non-hydrogen) atoms. The van der Waals surface area contributed by atoms with Crippen molar-refractivity contribution in [2.24, 2.45) is 0 Å². The number of aliphatic hydroxyl groups excluding tert-OH is 1. The van der Waals surface area contributed by atoms with Gasteiger partial charge in [0, 0.05) is 15.3 Å². The number of aryl methyl sites for hydroxylation is 1. The van der Waals surface area contributed by atoms with Crippen molar-refractivity contribution in [2.75, 3.05) is 0 Å². The van der Waals surface area contributed by atoms with E-state index in [0.29, 0.717) is 4.88 Å². The van der Waals surface area contributed by atoms with Crippen molar-refractivity contribution in [1.82, 2.24) is 0 Å². The number of para-hydroxylation sites is 1. The summed E-state index contributed by atoms with van der Waals surface area (Å²) in [5.74, 6) is -0.381. The Kier molecular flexibility index (Phi) is 3.82. The first-order valence-corrected chi connectivity index (χ1v) is 6.27. The highest BCUT2D eigenvalue weighted by Gasteiger charge is 2.33. The Morgan fingerprint density at radius 1 is 1.16 bits per heavy atom. The lowest BCUT2D eigenvalue weighted by atomic mass is 10.1. The van der Waals surface area contributed by atoms with E-state index in [1.54, 1.807) is 18.2 Å². The largest absolute Gasteiger partial charge is 0.573 e. The highest BCUT2D eigenvalue weighted by molar-refractivity contribution is 7.12. The second-order valence-electron chi connectivity index (χ2n) is 3.94.